The molecule has 56 heavy (non-hydrogen) atoms. The highest BCUT2D eigenvalue weighted by molar-refractivity contribution is 6.16. The zero-order valence-electron chi connectivity index (χ0n) is 29.9. The van der Waals surface area contributed by atoms with E-state index in [4.69, 9.17) is 19.4 Å². The molecule has 2 aromatic heterocycles. The van der Waals surface area contributed by atoms with Crippen LogP contribution in [0.5, 0.6) is 23.0 Å². The molecular weight excluding hydrogens is 689 g/mol. The van der Waals surface area contributed by atoms with Gasteiger partial charge in [0.1, 0.15) is 17.0 Å². The third-order valence-corrected chi connectivity index (χ3v) is 11.0. The summed E-state index contributed by atoms with van der Waals surface area (Å²) in [5.74, 6) is 4.40. The first kappa shape index (κ1) is 30.7. The van der Waals surface area contributed by atoms with Gasteiger partial charge in [-0.15, -0.1) is 0 Å². The third kappa shape index (κ3) is 4.56. The molecular formula is C50H30N4O2. The quantitative estimate of drug-likeness (QED) is 0.181. The van der Waals surface area contributed by atoms with E-state index < -0.39 is 0 Å². The fourth-order valence-corrected chi connectivity index (χ4v) is 8.39. The van der Waals surface area contributed by atoms with Gasteiger partial charge in [-0.25, -0.2) is 9.97 Å². The van der Waals surface area contributed by atoms with Crippen molar-refractivity contribution in [1.82, 2.24) is 14.5 Å². The van der Waals surface area contributed by atoms with Crippen molar-refractivity contribution in [2.75, 3.05) is 4.90 Å². The lowest BCUT2D eigenvalue weighted by Crippen LogP contribution is -2.21. The maximum absolute atomic E-state index is 7.24. The van der Waals surface area contributed by atoms with E-state index >= 15 is 0 Å². The van der Waals surface area contributed by atoms with E-state index in [0.29, 0.717) is 11.6 Å². The summed E-state index contributed by atoms with van der Waals surface area (Å²) in [7, 11) is 0. The van der Waals surface area contributed by atoms with E-state index in [9.17, 15) is 0 Å². The first-order valence-corrected chi connectivity index (χ1v) is 18.7. The van der Waals surface area contributed by atoms with Crippen LogP contribution in [0.3, 0.4) is 0 Å². The lowest BCUT2D eigenvalue weighted by Gasteiger charge is -2.38. The van der Waals surface area contributed by atoms with Gasteiger partial charge in [-0.2, -0.15) is 0 Å². The molecule has 0 atom stereocenters. The van der Waals surface area contributed by atoms with E-state index in [-0.39, 0.29) is 0 Å². The minimum absolute atomic E-state index is 0.656. The molecule has 0 N–H and O–H groups in total. The van der Waals surface area contributed by atoms with E-state index in [1.165, 1.54) is 0 Å². The van der Waals surface area contributed by atoms with Crippen molar-refractivity contribution >= 4 is 49.8 Å². The molecule has 0 amide bonds. The molecule has 262 valence electrons. The summed E-state index contributed by atoms with van der Waals surface area (Å²) >= 11 is 0. The molecule has 0 aliphatic carbocycles. The second-order valence-corrected chi connectivity index (χ2v) is 14.2. The van der Waals surface area contributed by atoms with Crippen LogP contribution in [-0.4, -0.2) is 14.5 Å². The molecule has 6 heteroatoms. The predicted molar refractivity (Wildman–Crippen MR) is 225 cm³/mol. The number of aromatic nitrogens is 3. The molecule has 0 saturated heterocycles. The number of anilines is 3. The second kappa shape index (κ2) is 11.9. The van der Waals surface area contributed by atoms with Crippen LogP contribution in [0.25, 0.3) is 72.2 Å². The monoisotopic (exact) mass is 718 g/mol. The van der Waals surface area contributed by atoms with Gasteiger partial charge in [0, 0.05) is 21.7 Å². The summed E-state index contributed by atoms with van der Waals surface area (Å²) < 4.78 is 16.5. The minimum atomic E-state index is 0.656. The SMILES string of the molecule is c1ccc(-c2ccc3c(c2)Oc2cc4c5ccccc5n(-c5nc(-c6ccccc6)nc6ccccc56)c4c4c2N3c2ccc(-c3ccccc3)cc2O4)cc1. The van der Waals surface area contributed by atoms with Crippen LogP contribution in [0.4, 0.5) is 17.1 Å². The summed E-state index contributed by atoms with van der Waals surface area (Å²) in [5.41, 5.74) is 10.9. The first-order valence-electron chi connectivity index (χ1n) is 18.7. The topological polar surface area (TPSA) is 52.4 Å². The van der Waals surface area contributed by atoms with Crippen LogP contribution in [0, 0.1) is 0 Å². The minimum Gasteiger partial charge on any atom is -0.453 e. The Morgan fingerprint density at radius 2 is 0.982 bits per heavy atom. The van der Waals surface area contributed by atoms with Gasteiger partial charge in [-0.05, 0) is 70.8 Å². The van der Waals surface area contributed by atoms with Gasteiger partial charge >= 0.3 is 0 Å². The third-order valence-electron chi connectivity index (χ3n) is 11.0. The Kier molecular flexibility index (Phi) is 6.53. The van der Waals surface area contributed by atoms with Gasteiger partial charge in [0.25, 0.3) is 0 Å². The number of hydrogen-bond donors (Lipinski definition) is 0. The smallest absolute Gasteiger partial charge is 0.180 e. The molecule has 4 heterocycles. The molecule has 6 nitrogen and oxygen atoms in total. The molecule has 0 spiro atoms. The largest absolute Gasteiger partial charge is 0.453 e. The van der Waals surface area contributed by atoms with Gasteiger partial charge in [0.05, 0.1) is 22.4 Å². The Balaban J connectivity index is 1.18. The van der Waals surface area contributed by atoms with Crippen LogP contribution < -0.4 is 14.4 Å². The summed E-state index contributed by atoms with van der Waals surface area (Å²) in [4.78, 5) is 12.7. The molecule has 12 rings (SSSR count). The average molecular weight is 719 g/mol. The Morgan fingerprint density at radius 1 is 0.411 bits per heavy atom. The van der Waals surface area contributed by atoms with Crippen molar-refractivity contribution in [3.8, 4) is 62.5 Å². The van der Waals surface area contributed by atoms with Crippen molar-refractivity contribution in [2.24, 2.45) is 0 Å². The number of para-hydroxylation sites is 2. The number of hydrogen-bond acceptors (Lipinski definition) is 5. The highest BCUT2D eigenvalue weighted by atomic mass is 16.5. The van der Waals surface area contributed by atoms with Gasteiger partial charge in [0.2, 0.25) is 0 Å². The standard InChI is InChI=1S/C50H30N4O2/c1-4-14-31(15-5-1)34-24-26-41-43(28-34)55-45-30-38-36-20-11-13-23-40(36)54(50-37-21-10-12-22-39(37)51-49(52-50)33-18-8-3-9-19-33)46(38)48-47(45)53(41)42-27-25-35(29-44(42)56-48)32-16-6-2-7-17-32/h1-30H. The Bertz CT molecular complexity index is 3180. The van der Waals surface area contributed by atoms with Crippen molar-refractivity contribution in [3.05, 3.63) is 182 Å². The Morgan fingerprint density at radius 3 is 1.66 bits per heavy atom. The molecule has 0 radical (unpaired) electrons. The fourth-order valence-electron chi connectivity index (χ4n) is 8.39. The predicted octanol–water partition coefficient (Wildman–Crippen LogP) is 13.4. The Labute approximate surface area is 322 Å². The molecule has 10 aromatic rings. The van der Waals surface area contributed by atoms with Gasteiger partial charge in [-0.1, -0.05) is 133 Å². The van der Waals surface area contributed by atoms with Gasteiger partial charge in [0.15, 0.2) is 28.8 Å². The molecule has 0 bridgehead atoms. The van der Waals surface area contributed by atoms with Gasteiger partial charge in [-0.3, -0.25) is 9.47 Å². The van der Waals surface area contributed by atoms with E-state index in [1.807, 2.05) is 42.5 Å². The maximum Gasteiger partial charge on any atom is 0.180 e. The van der Waals surface area contributed by atoms with Crippen LogP contribution in [-0.2, 0) is 0 Å². The fraction of sp³-hybridized carbons (Fsp3) is 0. The molecule has 0 saturated carbocycles. The van der Waals surface area contributed by atoms with Crippen LogP contribution in [0.2, 0.25) is 0 Å². The number of rotatable bonds is 4. The summed E-state index contributed by atoms with van der Waals surface area (Å²) in [6.45, 7) is 0. The van der Waals surface area contributed by atoms with Gasteiger partial charge < -0.3 is 9.47 Å². The second-order valence-electron chi connectivity index (χ2n) is 14.2. The van der Waals surface area contributed by atoms with Crippen LogP contribution in [0.15, 0.2) is 182 Å². The average Bonchev–Trinajstić information content (AvgIpc) is 3.60. The first-order chi connectivity index (χ1) is 27.8. The molecule has 2 aliphatic heterocycles. The molecule has 2 aliphatic rings. The highest BCUT2D eigenvalue weighted by Gasteiger charge is 2.38. The summed E-state index contributed by atoms with van der Waals surface area (Å²) in [5, 5.41) is 3.01. The molecule has 8 aromatic carbocycles. The number of ether oxygens (including phenoxy) is 2. The van der Waals surface area contributed by atoms with Crippen molar-refractivity contribution in [3.63, 3.8) is 0 Å². The van der Waals surface area contributed by atoms with Crippen molar-refractivity contribution in [2.45, 2.75) is 0 Å². The van der Waals surface area contributed by atoms with Crippen molar-refractivity contribution in [1.29, 1.82) is 0 Å². The number of fused-ring (bicyclic) bond motifs is 9. The van der Waals surface area contributed by atoms with Crippen molar-refractivity contribution < 1.29 is 9.47 Å². The number of nitrogens with zero attached hydrogens (tertiary/aromatic N) is 4. The lowest BCUT2D eigenvalue weighted by molar-refractivity contribution is 0.449. The zero-order chi connectivity index (χ0) is 36.7. The number of benzene rings is 8. The summed E-state index contributed by atoms with van der Waals surface area (Å²) in [6.07, 6.45) is 0. The Hall–Kier alpha value is -7.70. The van der Waals surface area contributed by atoms with Crippen LogP contribution >= 0.6 is 0 Å². The lowest BCUT2D eigenvalue weighted by atomic mass is 9.99. The normalized spacial score (nSPS) is 12.5. The van der Waals surface area contributed by atoms with E-state index in [2.05, 4.69) is 149 Å². The van der Waals surface area contributed by atoms with Crippen LogP contribution in [0.1, 0.15) is 0 Å². The molecule has 0 unspecified atom stereocenters. The van der Waals surface area contributed by atoms with E-state index in [0.717, 1.165) is 101 Å². The zero-order valence-corrected chi connectivity index (χ0v) is 29.9. The highest BCUT2D eigenvalue weighted by Crippen LogP contribution is 2.63. The van der Waals surface area contributed by atoms with E-state index in [1.54, 1.807) is 0 Å². The maximum atomic E-state index is 7.24. The summed E-state index contributed by atoms with van der Waals surface area (Å²) in [6, 6.07) is 62.9. The molecule has 0 fully saturated rings.